The first-order chi connectivity index (χ1) is 14.8. The Morgan fingerprint density at radius 2 is 2.03 bits per heavy atom. The molecule has 3 rings (SSSR count). The molecule has 0 fully saturated rings. The van der Waals surface area contributed by atoms with Crippen LogP contribution in [0.2, 0.25) is 5.02 Å². The lowest BCUT2D eigenvalue weighted by Gasteiger charge is -2.21. The molecule has 0 aliphatic rings. The van der Waals surface area contributed by atoms with Gasteiger partial charge in [-0.1, -0.05) is 25.4 Å². The van der Waals surface area contributed by atoms with Crippen molar-refractivity contribution in [3.63, 3.8) is 0 Å². The predicted octanol–water partition coefficient (Wildman–Crippen LogP) is 4.16. The number of nitrogens with zero attached hydrogens (tertiary/aromatic N) is 3. The molecule has 0 unspecified atom stereocenters. The number of aromatic nitrogens is 2. The van der Waals surface area contributed by atoms with Crippen molar-refractivity contribution in [1.82, 2.24) is 15.3 Å². The zero-order chi connectivity index (χ0) is 22.5. The van der Waals surface area contributed by atoms with Crippen LogP contribution in [-0.4, -0.2) is 32.7 Å². The maximum atomic E-state index is 12.8. The molecular formula is C20H18ClN5O4S. The fourth-order valence-corrected chi connectivity index (χ4v) is 3.70. The van der Waals surface area contributed by atoms with Crippen LogP contribution in [0.15, 0.2) is 48.1 Å². The number of carbonyl (C=O) groups excluding carboxylic acids is 2. The SMILES string of the molecule is CC(C)[C@H](NC(=O)c1ccc([N+](=O)[O-])cc1Cl)C(=O)Nc1nc(-c2cccnc2)cs1. The van der Waals surface area contributed by atoms with Gasteiger partial charge < -0.3 is 10.6 Å². The zero-order valence-corrected chi connectivity index (χ0v) is 18.1. The second-order valence-electron chi connectivity index (χ2n) is 6.89. The Hall–Kier alpha value is -3.37. The Balaban J connectivity index is 1.72. The minimum atomic E-state index is -0.871. The van der Waals surface area contributed by atoms with Crippen LogP contribution in [0.5, 0.6) is 0 Å². The van der Waals surface area contributed by atoms with E-state index in [4.69, 9.17) is 11.6 Å². The van der Waals surface area contributed by atoms with Crippen LogP contribution < -0.4 is 10.6 Å². The van der Waals surface area contributed by atoms with E-state index in [1.165, 1.54) is 23.5 Å². The van der Waals surface area contributed by atoms with Gasteiger partial charge in [-0.05, 0) is 24.1 Å². The molecule has 0 saturated carbocycles. The van der Waals surface area contributed by atoms with E-state index < -0.39 is 22.8 Å². The number of halogens is 1. The normalized spacial score (nSPS) is 11.7. The van der Waals surface area contributed by atoms with E-state index in [0.29, 0.717) is 10.8 Å². The average Bonchev–Trinajstić information content (AvgIpc) is 3.20. The number of benzene rings is 1. The summed E-state index contributed by atoms with van der Waals surface area (Å²) in [5.74, 6) is -1.28. The topological polar surface area (TPSA) is 127 Å². The van der Waals surface area contributed by atoms with Gasteiger partial charge in [0, 0.05) is 35.5 Å². The van der Waals surface area contributed by atoms with E-state index in [2.05, 4.69) is 20.6 Å². The van der Waals surface area contributed by atoms with Gasteiger partial charge in [0.1, 0.15) is 6.04 Å². The van der Waals surface area contributed by atoms with Crippen molar-refractivity contribution in [3.8, 4) is 11.3 Å². The van der Waals surface area contributed by atoms with Gasteiger partial charge in [-0.2, -0.15) is 0 Å². The summed E-state index contributed by atoms with van der Waals surface area (Å²) >= 11 is 7.28. The van der Waals surface area contributed by atoms with Crippen molar-refractivity contribution in [2.24, 2.45) is 5.92 Å². The molecule has 2 N–H and O–H groups in total. The highest BCUT2D eigenvalue weighted by Gasteiger charge is 2.27. The number of nitro benzene ring substituents is 1. The van der Waals surface area contributed by atoms with E-state index in [0.717, 1.165) is 11.6 Å². The summed E-state index contributed by atoms with van der Waals surface area (Å²) < 4.78 is 0. The van der Waals surface area contributed by atoms with Crippen LogP contribution >= 0.6 is 22.9 Å². The minimum Gasteiger partial charge on any atom is -0.340 e. The molecule has 0 spiro atoms. The van der Waals surface area contributed by atoms with Crippen molar-refractivity contribution in [1.29, 1.82) is 0 Å². The number of non-ortho nitro benzene ring substituents is 1. The van der Waals surface area contributed by atoms with Crippen molar-refractivity contribution in [3.05, 3.63) is 68.8 Å². The highest BCUT2D eigenvalue weighted by atomic mass is 35.5. The summed E-state index contributed by atoms with van der Waals surface area (Å²) in [6.07, 6.45) is 3.33. The molecule has 2 heterocycles. The number of hydrogen-bond acceptors (Lipinski definition) is 7. The standard InChI is InChI=1S/C20H18ClN5O4S/c1-11(2)17(24-18(27)14-6-5-13(26(29)30)8-15(14)21)19(28)25-20-23-16(10-31-20)12-4-3-7-22-9-12/h3-11,17H,1-2H3,(H,24,27)(H,23,25,28)/t17-/m0/s1. The number of rotatable bonds is 7. The van der Waals surface area contributed by atoms with Crippen molar-refractivity contribution in [2.75, 3.05) is 5.32 Å². The number of carbonyl (C=O) groups is 2. The molecule has 0 saturated heterocycles. The van der Waals surface area contributed by atoms with Gasteiger partial charge >= 0.3 is 0 Å². The molecular weight excluding hydrogens is 442 g/mol. The maximum Gasteiger partial charge on any atom is 0.270 e. The molecule has 1 aromatic carbocycles. The molecule has 31 heavy (non-hydrogen) atoms. The fourth-order valence-electron chi connectivity index (χ4n) is 2.72. The van der Waals surface area contributed by atoms with E-state index in [1.54, 1.807) is 37.7 Å². The number of pyridine rings is 1. The Kier molecular flexibility index (Phi) is 6.93. The van der Waals surface area contributed by atoms with Crippen molar-refractivity contribution < 1.29 is 14.5 Å². The average molecular weight is 460 g/mol. The first kappa shape index (κ1) is 22.3. The summed E-state index contributed by atoms with van der Waals surface area (Å²) in [7, 11) is 0. The van der Waals surface area contributed by atoms with Crippen LogP contribution in [0.25, 0.3) is 11.3 Å². The lowest BCUT2D eigenvalue weighted by molar-refractivity contribution is -0.384. The highest BCUT2D eigenvalue weighted by molar-refractivity contribution is 7.14. The number of amides is 2. The molecule has 0 aliphatic carbocycles. The highest BCUT2D eigenvalue weighted by Crippen LogP contribution is 2.25. The lowest BCUT2D eigenvalue weighted by Crippen LogP contribution is -2.47. The maximum absolute atomic E-state index is 12.8. The van der Waals surface area contributed by atoms with Crippen LogP contribution in [0, 0.1) is 16.0 Å². The molecule has 2 amide bonds. The van der Waals surface area contributed by atoms with E-state index in [-0.39, 0.29) is 22.2 Å². The molecule has 0 radical (unpaired) electrons. The van der Waals surface area contributed by atoms with Gasteiger partial charge in [-0.15, -0.1) is 11.3 Å². The Morgan fingerprint density at radius 1 is 1.26 bits per heavy atom. The molecule has 0 bridgehead atoms. The minimum absolute atomic E-state index is 0.0406. The Bertz CT molecular complexity index is 1120. The van der Waals surface area contributed by atoms with E-state index in [1.807, 2.05) is 6.07 Å². The fraction of sp³-hybridized carbons (Fsp3) is 0.200. The summed E-state index contributed by atoms with van der Waals surface area (Å²) in [5.41, 5.74) is 1.31. The lowest BCUT2D eigenvalue weighted by atomic mass is 10.0. The number of thiazole rings is 1. The monoisotopic (exact) mass is 459 g/mol. The first-order valence-corrected chi connectivity index (χ1v) is 10.4. The van der Waals surface area contributed by atoms with Gasteiger partial charge in [0.15, 0.2) is 5.13 Å². The number of nitro groups is 1. The van der Waals surface area contributed by atoms with Gasteiger partial charge in [0.05, 0.1) is 21.2 Å². The molecule has 160 valence electrons. The summed E-state index contributed by atoms with van der Waals surface area (Å²) in [6.45, 7) is 3.57. The second kappa shape index (κ2) is 9.63. The third-order valence-corrected chi connectivity index (χ3v) is 5.41. The van der Waals surface area contributed by atoms with E-state index >= 15 is 0 Å². The molecule has 9 nitrogen and oxygen atoms in total. The summed E-state index contributed by atoms with van der Waals surface area (Å²) in [4.78, 5) is 44.1. The number of anilines is 1. The van der Waals surface area contributed by atoms with Crippen molar-refractivity contribution >= 4 is 45.6 Å². The predicted molar refractivity (Wildman–Crippen MR) is 118 cm³/mol. The van der Waals surface area contributed by atoms with Crippen LogP contribution in [0.3, 0.4) is 0 Å². The zero-order valence-electron chi connectivity index (χ0n) is 16.5. The van der Waals surface area contributed by atoms with Crippen LogP contribution in [0.4, 0.5) is 10.8 Å². The van der Waals surface area contributed by atoms with Crippen LogP contribution in [0.1, 0.15) is 24.2 Å². The summed E-state index contributed by atoms with van der Waals surface area (Å²) in [5, 5.41) is 18.3. The quantitative estimate of drug-likeness (QED) is 0.403. The molecule has 2 aromatic heterocycles. The Morgan fingerprint density at radius 3 is 2.65 bits per heavy atom. The third-order valence-electron chi connectivity index (χ3n) is 4.34. The van der Waals surface area contributed by atoms with E-state index in [9.17, 15) is 19.7 Å². The van der Waals surface area contributed by atoms with Gasteiger partial charge in [0.2, 0.25) is 5.91 Å². The molecule has 3 aromatic rings. The van der Waals surface area contributed by atoms with Crippen LogP contribution in [-0.2, 0) is 4.79 Å². The third kappa shape index (κ3) is 5.41. The molecule has 11 heteroatoms. The largest absolute Gasteiger partial charge is 0.340 e. The second-order valence-corrected chi connectivity index (χ2v) is 8.15. The molecule has 0 aliphatic heterocycles. The smallest absolute Gasteiger partial charge is 0.270 e. The molecule has 1 atom stereocenters. The van der Waals surface area contributed by atoms with Gasteiger partial charge in [0.25, 0.3) is 11.6 Å². The van der Waals surface area contributed by atoms with Crippen molar-refractivity contribution in [2.45, 2.75) is 19.9 Å². The van der Waals surface area contributed by atoms with Gasteiger partial charge in [-0.3, -0.25) is 24.7 Å². The van der Waals surface area contributed by atoms with Gasteiger partial charge in [-0.25, -0.2) is 4.98 Å². The first-order valence-electron chi connectivity index (χ1n) is 9.18. The number of hydrogen-bond donors (Lipinski definition) is 2. The Labute approximate surface area is 186 Å². The summed E-state index contributed by atoms with van der Waals surface area (Å²) in [6, 6.07) is 6.31. The number of nitrogens with one attached hydrogen (secondary N) is 2.